The maximum Gasteiger partial charge on any atom is 0.126 e. The Balaban J connectivity index is 2.24. The predicted octanol–water partition coefficient (Wildman–Crippen LogP) is 4.52. The van der Waals surface area contributed by atoms with Crippen molar-refractivity contribution in [3.05, 3.63) is 59.4 Å². The number of rotatable bonds is 5. The lowest BCUT2D eigenvalue weighted by atomic mass is 10.0. The lowest BCUT2D eigenvalue weighted by Crippen LogP contribution is -1.99. The number of ether oxygens (including phenoxy) is 2. The minimum atomic E-state index is -0.188. The molecule has 1 atom stereocenters. The van der Waals surface area contributed by atoms with Gasteiger partial charge in [-0.05, 0) is 35.7 Å². The second kappa shape index (κ2) is 6.75. The van der Waals surface area contributed by atoms with E-state index in [-0.39, 0.29) is 10.6 Å². The zero-order chi connectivity index (χ0) is 14.5. The van der Waals surface area contributed by atoms with Crippen LogP contribution in [0.4, 0.5) is 4.39 Å². The highest BCUT2D eigenvalue weighted by Gasteiger charge is 2.13. The third-order valence-corrected chi connectivity index (χ3v) is 3.94. The molecule has 0 bridgehead atoms. The molecule has 4 heteroatoms. The van der Waals surface area contributed by atoms with Crippen LogP contribution in [0, 0.1) is 5.82 Å². The SMILES string of the molecule is COc1cc(OC)cc(C(Br)Cc2ccccc2F)c1. The molecule has 0 radical (unpaired) electrons. The topological polar surface area (TPSA) is 18.5 Å². The molecule has 0 amide bonds. The molecule has 2 nitrogen and oxygen atoms in total. The molecule has 0 aliphatic heterocycles. The van der Waals surface area contributed by atoms with E-state index >= 15 is 0 Å². The molecule has 0 N–H and O–H groups in total. The van der Waals surface area contributed by atoms with E-state index in [9.17, 15) is 4.39 Å². The molecule has 0 saturated carbocycles. The lowest BCUT2D eigenvalue weighted by Gasteiger charge is -2.14. The summed E-state index contributed by atoms with van der Waals surface area (Å²) in [6, 6.07) is 12.4. The smallest absolute Gasteiger partial charge is 0.126 e. The molecule has 0 saturated heterocycles. The van der Waals surface area contributed by atoms with Crippen LogP contribution < -0.4 is 9.47 Å². The normalized spacial score (nSPS) is 12.0. The quantitative estimate of drug-likeness (QED) is 0.746. The number of benzene rings is 2. The molecule has 0 fully saturated rings. The van der Waals surface area contributed by atoms with Crippen LogP contribution >= 0.6 is 15.9 Å². The zero-order valence-electron chi connectivity index (χ0n) is 11.4. The van der Waals surface area contributed by atoms with Crippen molar-refractivity contribution in [3.63, 3.8) is 0 Å². The Bertz CT molecular complexity index is 564. The zero-order valence-corrected chi connectivity index (χ0v) is 13.0. The van der Waals surface area contributed by atoms with Crippen LogP contribution in [-0.4, -0.2) is 14.2 Å². The first-order valence-corrected chi connectivity index (χ1v) is 7.16. The van der Waals surface area contributed by atoms with Crippen molar-refractivity contribution < 1.29 is 13.9 Å². The van der Waals surface area contributed by atoms with E-state index in [1.807, 2.05) is 24.3 Å². The first kappa shape index (κ1) is 14.9. The van der Waals surface area contributed by atoms with Crippen molar-refractivity contribution in [2.24, 2.45) is 0 Å². The van der Waals surface area contributed by atoms with Crippen LogP contribution in [0.2, 0.25) is 0 Å². The Kier molecular flexibility index (Phi) is 5.01. The number of alkyl halides is 1. The minimum absolute atomic E-state index is 0.0107. The van der Waals surface area contributed by atoms with Gasteiger partial charge in [0.25, 0.3) is 0 Å². The number of hydrogen-bond acceptors (Lipinski definition) is 2. The van der Waals surface area contributed by atoms with Gasteiger partial charge in [0.1, 0.15) is 17.3 Å². The molecule has 1 unspecified atom stereocenters. The van der Waals surface area contributed by atoms with Crippen molar-refractivity contribution >= 4 is 15.9 Å². The van der Waals surface area contributed by atoms with Gasteiger partial charge in [-0.25, -0.2) is 4.39 Å². The van der Waals surface area contributed by atoms with E-state index in [1.54, 1.807) is 26.4 Å². The van der Waals surface area contributed by atoms with E-state index < -0.39 is 0 Å². The van der Waals surface area contributed by atoms with Gasteiger partial charge >= 0.3 is 0 Å². The molecular weight excluding hydrogens is 323 g/mol. The van der Waals surface area contributed by atoms with Crippen molar-refractivity contribution in [2.75, 3.05) is 14.2 Å². The summed E-state index contributed by atoms with van der Waals surface area (Å²) in [5.41, 5.74) is 1.67. The second-order valence-corrected chi connectivity index (χ2v) is 5.51. The summed E-state index contributed by atoms with van der Waals surface area (Å²) in [6.45, 7) is 0. The number of methoxy groups -OCH3 is 2. The Labute approximate surface area is 126 Å². The Hall–Kier alpha value is -1.55. The Morgan fingerprint density at radius 3 is 2.20 bits per heavy atom. The maximum absolute atomic E-state index is 13.7. The molecule has 0 heterocycles. The van der Waals surface area contributed by atoms with Gasteiger partial charge in [0, 0.05) is 10.9 Å². The van der Waals surface area contributed by atoms with E-state index in [2.05, 4.69) is 15.9 Å². The molecule has 0 aliphatic carbocycles. The van der Waals surface area contributed by atoms with E-state index in [0.717, 1.165) is 17.1 Å². The van der Waals surface area contributed by atoms with Gasteiger partial charge in [0.2, 0.25) is 0 Å². The fourth-order valence-electron chi connectivity index (χ4n) is 1.99. The Morgan fingerprint density at radius 1 is 1.05 bits per heavy atom. The average molecular weight is 339 g/mol. The van der Waals surface area contributed by atoms with Crippen LogP contribution in [0.5, 0.6) is 11.5 Å². The van der Waals surface area contributed by atoms with Crippen LogP contribution in [0.25, 0.3) is 0 Å². The molecule has 2 rings (SSSR count). The first-order valence-electron chi connectivity index (χ1n) is 6.24. The molecular formula is C16H16BrFO2. The predicted molar refractivity (Wildman–Crippen MR) is 81.3 cm³/mol. The fraction of sp³-hybridized carbons (Fsp3) is 0.250. The van der Waals surface area contributed by atoms with Gasteiger partial charge < -0.3 is 9.47 Å². The highest BCUT2D eigenvalue weighted by Crippen LogP contribution is 2.33. The van der Waals surface area contributed by atoms with Gasteiger partial charge in [-0.2, -0.15) is 0 Å². The summed E-state index contributed by atoms with van der Waals surface area (Å²) in [5.74, 6) is 1.25. The van der Waals surface area contributed by atoms with Gasteiger partial charge in [0.15, 0.2) is 0 Å². The van der Waals surface area contributed by atoms with E-state index in [1.165, 1.54) is 6.07 Å². The number of hydrogen-bond donors (Lipinski definition) is 0. The first-order chi connectivity index (χ1) is 9.63. The number of halogens is 2. The van der Waals surface area contributed by atoms with Crippen molar-refractivity contribution in [3.8, 4) is 11.5 Å². The fourth-order valence-corrected chi connectivity index (χ4v) is 2.60. The van der Waals surface area contributed by atoms with E-state index in [0.29, 0.717) is 12.0 Å². The highest BCUT2D eigenvalue weighted by molar-refractivity contribution is 9.09. The second-order valence-electron chi connectivity index (χ2n) is 4.41. The van der Waals surface area contributed by atoms with Crippen LogP contribution in [-0.2, 0) is 6.42 Å². The molecule has 0 spiro atoms. The molecule has 2 aromatic carbocycles. The third kappa shape index (κ3) is 3.51. The van der Waals surface area contributed by atoms with Crippen LogP contribution in [0.15, 0.2) is 42.5 Å². The van der Waals surface area contributed by atoms with Crippen LogP contribution in [0.3, 0.4) is 0 Å². The summed E-state index contributed by atoms with van der Waals surface area (Å²) in [5, 5.41) is 0. The highest BCUT2D eigenvalue weighted by atomic mass is 79.9. The molecule has 0 aliphatic rings. The average Bonchev–Trinajstić information content (AvgIpc) is 2.48. The third-order valence-electron chi connectivity index (χ3n) is 3.09. The van der Waals surface area contributed by atoms with Gasteiger partial charge in [-0.1, -0.05) is 34.1 Å². The molecule has 0 aromatic heterocycles. The molecule has 106 valence electrons. The summed E-state index contributed by atoms with van der Waals surface area (Å²) < 4.78 is 24.2. The molecule has 20 heavy (non-hydrogen) atoms. The van der Waals surface area contributed by atoms with Crippen molar-refractivity contribution in [2.45, 2.75) is 11.2 Å². The Morgan fingerprint density at radius 2 is 1.65 bits per heavy atom. The van der Waals surface area contributed by atoms with Crippen molar-refractivity contribution in [1.82, 2.24) is 0 Å². The summed E-state index contributed by atoms with van der Waals surface area (Å²) in [4.78, 5) is -0.0107. The molecule has 2 aromatic rings. The summed E-state index contributed by atoms with van der Waals surface area (Å²) >= 11 is 3.61. The summed E-state index contributed by atoms with van der Waals surface area (Å²) in [6.07, 6.45) is 0.559. The monoisotopic (exact) mass is 338 g/mol. The standard InChI is InChI=1S/C16H16BrFO2/c1-19-13-7-12(8-14(10-13)20-2)15(17)9-11-5-3-4-6-16(11)18/h3-8,10,15H,9H2,1-2H3. The minimum Gasteiger partial charge on any atom is -0.497 e. The summed E-state index contributed by atoms with van der Waals surface area (Å²) in [7, 11) is 3.22. The van der Waals surface area contributed by atoms with Gasteiger partial charge in [-0.3, -0.25) is 0 Å². The van der Waals surface area contributed by atoms with Gasteiger partial charge in [0.05, 0.1) is 14.2 Å². The van der Waals surface area contributed by atoms with E-state index in [4.69, 9.17) is 9.47 Å². The van der Waals surface area contributed by atoms with Crippen molar-refractivity contribution in [1.29, 1.82) is 0 Å². The largest absolute Gasteiger partial charge is 0.497 e. The maximum atomic E-state index is 13.7. The van der Waals surface area contributed by atoms with Gasteiger partial charge in [-0.15, -0.1) is 0 Å². The van der Waals surface area contributed by atoms with Crippen LogP contribution in [0.1, 0.15) is 16.0 Å². The lowest BCUT2D eigenvalue weighted by molar-refractivity contribution is 0.393.